The Morgan fingerprint density at radius 2 is 1.95 bits per heavy atom. The molecule has 0 bridgehead atoms. The van der Waals surface area contributed by atoms with Gasteiger partial charge in [0.1, 0.15) is 6.10 Å². The normalized spacial score (nSPS) is 30.2. The number of carbonyl (C=O) groups is 1. The number of hydrogen-bond acceptors (Lipinski definition) is 6. The number of ether oxygens (including phenoxy) is 2. The van der Waals surface area contributed by atoms with E-state index in [4.69, 9.17) is 9.47 Å². The van der Waals surface area contributed by atoms with E-state index in [0.29, 0.717) is 26.1 Å². The van der Waals surface area contributed by atoms with Crippen LogP contribution in [0, 0.1) is 5.92 Å². The van der Waals surface area contributed by atoms with Gasteiger partial charge in [-0.3, -0.25) is 9.69 Å². The molecule has 2 aliphatic heterocycles. The van der Waals surface area contributed by atoms with Gasteiger partial charge in [0.25, 0.3) is 0 Å². The number of aliphatic hydroxyl groups excluding tert-OH is 2. The van der Waals surface area contributed by atoms with Crippen molar-refractivity contribution in [3.05, 3.63) is 0 Å². The fraction of sp³-hybridized carbons (Fsp3) is 0.933. The molecule has 0 spiro atoms. The molecule has 0 radical (unpaired) electrons. The first-order chi connectivity index (χ1) is 10.6. The van der Waals surface area contributed by atoms with Gasteiger partial charge in [-0.25, -0.2) is 0 Å². The lowest BCUT2D eigenvalue weighted by Gasteiger charge is -2.35. The number of amides is 1. The quantitative estimate of drug-likeness (QED) is 0.649. The highest BCUT2D eigenvalue weighted by atomic mass is 16.5. The lowest BCUT2D eigenvalue weighted by molar-refractivity contribution is -0.142. The third kappa shape index (κ3) is 4.89. The highest BCUT2D eigenvalue weighted by Crippen LogP contribution is 2.17. The first kappa shape index (κ1) is 17.6. The minimum absolute atomic E-state index is 0.0845. The molecule has 0 aromatic carbocycles. The Morgan fingerprint density at radius 3 is 2.64 bits per heavy atom. The van der Waals surface area contributed by atoms with Gasteiger partial charge in [0.2, 0.25) is 5.91 Å². The third-order valence-corrected chi connectivity index (χ3v) is 4.43. The summed E-state index contributed by atoms with van der Waals surface area (Å²) in [6.07, 6.45) is -1.21. The van der Waals surface area contributed by atoms with Crippen molar-refractivity contribution in [3.63, 3.8) is 0 Å². The van der Waals surface area contributed by atoms with Gasteiger partial charge in [0.15, 0.2) is 0 Å². The maximum absolute atomic E-state index is 12.4. The highest BCUT2D eigenvalue weighted by molar-refractivity contribution is 5.76. The van der Waals surface area contributed by atoms with Gasteiger partial charge in [0, 0.05) is 45.1 Å². The fourth-order valence-corrected chi connectivity index (χ4v) is 2.94. The predicted octanol–water partition coefficient (Wildman–Crippen LogP) is -1.07. The van der Waals surface area contributed by atoms with E-state index >= 15 is 0 Å². The zero-order valence-electron chi connectivity index (χ0n) is 13.3. The van der Waals surface area contributed by atoms with Gasteiger partial charge in [-0.15, -0.1) is 0 Å². The smallest absolute Gasteiger partial charge is 0.223 e. The molecule has 3 atom stereocenters. The van der Waals surface area contributed by atoms with Crippen LogP contribution in [0.25, 0.3) is 0 Å². The fourth-order valence-electron chi connectivity index (χ4n) is 2.94. The van der Waals surface area contributed by atoms with Crippen molar-refractivity contribution in [2.45, 2.75) is 25.6 Å². The van der Waals surface area contributed by atoms with E-state index in [9.17, 15) is 15.0 Å². The van der Waals surface area contributed by atoms with Crippen molar-refractivity contribution in [2.75, 3.05) is 59.2 Å². The highest BCUT2D eigenvalue weighted by Gasteiger charge is 2.33. The minimum atomic E-state index is -0.860. The van der Waals surface area contributed by atoms with Crippen LogP contribution in [0.15, 0.2) is 0 Å². The molecule has 0 unspecified atom stereocenters. The molecule has 128 valence electrons. The monoisotopic (exact) mass is 316 g/mol. The molecule has 2 heterocycles. The van der Waals surface area contributed by atoms with Crippen LogP contribution in [0.5, 0.6) is 0 Å². The Kier molecular flexibility index (Phi) is 7.04. The van der Waals surface area contributed by atoms with Crippen LogP contribution in [0.2, 0.25) is 0 Å². The van der Waals surface area contributed by atoms with E-state index in [2.05, 4.69) is 4.90 Å². The second-order valence-corrected chi connectivity index (χ2v) is 5.99. The number of aliphatic hydroxyl groups is 2. The second-order valence-electron chi connectivity index (χ2n) is 5.99. The Morgan fingerprint density at radius 1 is 1.23 bits per heavy atom. The van der Waals surface area contributed by atoms with Gasteiger partial charge >= 0.3 is 0 Å². The van der Waals surface area contributed by atoms with Crippen LogP contribution in [0.3, 0.4) is 0 Å². The van der Waals surface area contributed by atoms with Crippen LogP contribution in [-0.4, -0.2) is 97.3 Å². The summed E-state index contributed by atoms with van der Waals surface area (Å²) in [6, 6.07) is 0. The van der Waals surface area contributed by atoms with Crippen molar-refractivity contribution in [3.8, 4) is 0 Å². The number of hydrogen-bond donors (Lipinski definition) is 2. The third-order valence-electron chi connectivity index (χ3n) is 4.43. The SMILES string of the molecule is CCN(C[C@@H]1COC[C@@H](O)[C@H]1O)C(=O)CCN1CCOCC1. The molecule has 2 saturated heterocycles. The Hall–Kier alpha value is -0.730. The second kappa shape index (κ2) is 8.79. The van der Waals surface area contributed by atoms with E-state index in [1.54, 1.807) is 4.90 Å². The van der Waals surface area contributed by atoms with Gasteiger partial charge < -0.3 is 24.6 Å². The lowest BCUT2D eigenvalue weighted by atomic mass is 9.96. The van der Waals surface area contributed by atoms with E-state index in [1.165, 1.54) is 0 Å². The molecule has 0 saturated carbocycles. The van der Waals surface area contributed by atoms with E-state index in [1.807, 2.05) is 6.92 Å². The summed E-state index contributed by atoms with van der Waals surface area (Å²) in [7, 11) is 0. The number of carbonyl (C=O) groups excluding carboxylic acids is 1. The summed E-state index contributed by atoms with van der Waals surface area (Å²) in [4.78, 5) is 16.3. The summed E-state index contributed by atoms with van der Waals surface area (Å²) in [5.41, 5.74) is 0. The molecule has 2 fully saturated rings. The molecule has 22 heavy (non-hydrogen) atoms. The van der Waals surface area contributed by atoms with Crippen molar-refractivity contribution in [2.24, 2.45) is 5.92 Å². The van der Waals surface area contributed by atoms with E-state index in [0.717, 1.165) is 32.8 Å². The molecule has 0 aliphatic carbocycles. The lowest BCUT2D eigenvalue weighted by Crippen LogP contribution is -2.50. The summed E-state index contributed by atoms with van der Waals surface area (Å²) < 4.78 is 10.6. The molecule has 0 aromatic rings. The number of morpholine rings is 1. The summed E-state index contributed by atoms with van der Waals surface area (Å²) >= 11 is 0. The van der Waals surface area contributed by atoms with Gasteiger partial charge in [-0.2, -0.15) is 0 Å². The largest absolute Gasteiger partial charge is 0.390 e. The first-order valence-electron chi connectivity index (χ1n) is 8.13. The first-order valence-corrected chi connectivity index (χ1v) is 8.13. The Bertz CT molecular complexity index is 349. The molecule has 7 nitrogen and oxygen atoms in total. The van der Waals surface area contributed by atoms with Crippen molar-refractivity contribution >= 4 is 5.91 Å². The predicted molar refractivity (Wildman–Crippen MR) is 80.5 cm³/mol. The molecule has 2 aliphatic rings. The van der Waals surface area contributed by atoms with Gasteiger partial charge in [-0.05, 0) is 6.92 Å². The number of nitrogens with zero attached hydrogens (tertiary/aromatic N) is 2. The van der Waals surface area contributed by atoms with E-state index in [-0.39, 0.29) is 18.4 Å². The van der Waals surface area contributed by atoms with Gasteiger partial charge in [-0.1, -0.05) is 0 Å². The zero-order chi connectivity index (χ0) is 15.9. The average molecular weight is 316 g/mol. The summed E-state index contributed by atoms with van der Waals surface area (Å²) in [6.45, 7) is 7.45. The minimum Gasteiger partial charge on any atom is -0.390 e. The molecule has 2 rings (SSSR count). The van der Waals surface area contributed by atoms with Crippen LogP contribution in [0.4, 0.5) is 0 Å². The van der Waals surface area contributed by atoms with E-state index < -0.39 is 12.2 Å². The van der Waals surface area contributed by atoms with Crippen molar-refractivity contribution < 1.29 is 24.5 Å². The standard InChI is InChI=1S/C15H28N2O5/c1-2-17(9-12-10-22-11-13(18)15(12)20)14(19)3-4-16-5-7-21-8-6-16/h12-13,15,18,20H,2-11H2,1H3/t12-,13-,15+/m1/s1. The Labute approximate surface area is 131 Å². The van der Waals surface area contributed by atoms with Crippen molar-refractivity contribution in [1.29, 1.82) is 0 Å². The molecular formula is C15H28N2O5. The molecule has 7 heteroatoms. The zero-order valence-corrected chi connectivity index (χ0v) is 13.3. The van der Waals surface area contributed by atoms with Crippen LogP contribution >= 0.6 is 0 Å². The van der Waals surface area contributed by atoms with Crippen LogP contribution in [-0.2, 0) is 14.3 Å². The molecule has 1 amide bonds. The average Bonchev–Trinajstić information content (AvgIpc) is 2.55. The molecular weight excluding hydrogens is 288 g/mol. The topological polar surface area (TPSA) is 82.5 Å². The van der Waals surface area contributed by atoms with Gasteiger partial charge in [0.05, 0.1) is 32.5 Å². The number of rotatable bonds is 6. The summed E-state index contributed by atoms with van der Waals surface area (Å²) in [5, 5.41) is 19.7. The maximum atomic E-state index is 12.4. The van der Waals surface area contributed by atoms with Crippen LogP contribution < -0.4 is 0 Å². The van der Waals surface area contributed by atoms with Crippen molar-refractivity contribution in [1.82, 2.24) is 9.80 Å². The summed E-state index contributed by atoms with van der Waals surface area (Å²) in [5.74, 6) is -0.141. The Balaban J connectivity index is 1.78. The molecule has 2 N–H and O–H groups in total. The van der Waals surface area contributed by atoms with Crippen LogP contribution in [0.1, 0.15) is 13.3 Å². The molecule has 0 aromatic heterocycles. The maximum Gasteiger partial charge on any atom is 0.223 e.